The topological polar surface area (TPSA) is 53.0 Å². The molecule has 0 saturated heterocycles. The molecular weight excluding hydrogens is 222 g/mol. The fourth-order valence-corrected chi connectivity index (χ4v) is 3.86. The first-order valence-corrected chi connectivity index (χ1v) is 7.39. The van der Waals surface area contributed by atoms with Gasteiger partial charge in [0.2, 0.25) is 0 Å². The van der Waals surface area contributed by atoms with E-state index < -0.39 is 5.54 Å². The lowest BCUT2D eigenvalue weighted by Gasteiger charge is -2.27. The fourth-order valence-electron chi connectivity index (χ4n) is 3.86. The summed E-state index contributed by atoms with van der Waals surface area (Å²) in [5.41, 5.74) is 5.19. The monoisotopic (exact) mass is 249 g/mol. The van der Waals surface area contributed by atoms with E-state index >= 15 is 0 Å². The highest BCUT2D eigenvalue weighted by molar-refractivity contribution is 5.00. The Hall–Kier alpha value is -0.590. The van der Waals surface area contributed by atoms with E-state index in [9.17, 15) is 0 Å². The van der Waals surface area contributed by atoms with Gasteiger partial charge in [-0.05, 0) is 70.4 Å². The van der Waals surface area contributed by atoms with E-state index in [1.165, 1.54) is 32.2 Å². The Labute approximate surface area is 111 Å². The van der Waals surface area contributed by atoms with Gasteiger partial charge >= 0.3 is 0 Å². The molecule has 0 aliphatic heterocycles. The maximum Gasteiger partial charge on any atom is 0.101 e. The normalized spacial score (nSPS) is 33.6. The van der Waals surface area contributed by atoms with Crippen LogP contribution < -0.4 is 5.73 Å². The number of nitrogens with two attached hydrogens (primary N) is 1. The van der Waals surface area contributed by atoms with Crippen molar-refractivity contribution in [3.63, 3.8) is 0 Å². The number of hydrogen-bond donors (Lipinski definition) is 1. The lowest BCUT2D eigenvalue weighted by atomic mass is 9.88. The van der Waals surface area contributed by atoms with Crippen LogP contribution in [0, 0.1) is 29.1 Å². The number of rotatable bonds is 6. The first-order valence-electron chi connectivity index (χ1n) is 7.39. The van der Waals surface area contributed by atoms with Crippen molar-refractivity contribution >= 4 is 0 Å². The van der Waals surface area contributed by atoms with Crippen LogP contribution in [-0.4, -0.2) is 30.6 Å². The van der Waals surface area contributed by atoms with Crippen molar-refractivity contribution in [3.8, 4) is 6.07 Å². The highest BCUT2D eigenvalue weighted by Crippen LogP contribution is 2.48. The van der Waals surface area contributed by atoms with Crippen molar-refractivity contribution in [3.05, 3.63) is 0 Å². The molecule has 0 spiro atoms. The van der Waals surface area contributed by atoms with Crippen LogP contribution in [0.1, 0.15) is 45.4 Å². The largest absolute Gasteiger partial charge is 0.314 e. The molecule has 3 nitrogen and oxygen atoms in total. The molecule has 0 amide bonds. The van der Waals surface area contributed by atoms with Crippen LogP contribution in [0.5, 0.6) is 0 Å². The minimum atomic E-state index is -0.646. The van der Waals surface area contributed by atoms with Crippen molar-refractivity contribution in [2.45, 2.75) is 51.0 Å². The highest BCUT2D eigenvalue weighted by Gasteiger charge is 2.39. The van der Waals surface area contributed by atoms with Crippen LogP contribution in [0.4, 0.5) is 0 Å². The predicted molar refractivity (Wildman–Crippen MR) is 73.9 cm³/mol. The van der Waals surface area contributed by atoms with Gasteiger partial charge in [-0.25, -0.2) is 0 Å². The third kappa shape index (κ3) is 3.46. The van der Waals surface area contributed by atoms with Crippen LogP contribution in [-0.2, 0) is 0 Å². The van der Waals surface area contributed by atoms with Crippen LogP contribution in [0.15, 0.2) is 0 Å². The third-order valence-corrected chi connectivity index (χ3v) is 4.92. The predicted octanol–water partition coefficient (Wildman–Crippen LogP) is 2.38. The molecule has 2 aliphatic rings. The standard InChI is InChI=1S/C15H27N3/c1-15(17,11-16)6-3-7-18(2)10-14-9-12-4-5-13(14)8-12/h12-14H,3-10,17H2,1-2H3. The SMILES string of the molecule is CN(CCCC(C)(N)C#N)CC1CC2CCC1C2. The van der Waals surface area contributed by atoms with Crippen molar-refractivity contribution in [2.24, 2.45) is 23.5 Å². The van der Waals surface area contributed by atoms with Crippen molar-refractivity contribution in [1.29, 1.82) is 5.26 Å². The number of hydrogen-bond acceptors (Lipinski definition) is 3. The quantitative estimate of drug-likeness (QED) is 0.786. The number of nitriles is 1. The van der Waals surface area contributed by atoms with Gasteiger partial charge in [-0.15, -0.1) is 0 Å². The Bertz CT molecular complexity index is 318. The molecule has 0 aromatic rings. The van der Waals surface area contributed by atoms with Crippen LogP contribution in [0.3, 0.4) is 0 Å². The zero-order valence-electron chi connectivity index (χ0n) is 11.9. The summed E-state index contributed by atoms with van der Waals surface area (Å²) < 4.78 is 0. The zero-order valence-corrected chi connectivity index (χ0v) is 11.9. The summed E-state index contributed by atoms with van der Waals surface area (Å²) in [7, 11) is 2.21. The van der Waals surface area contributed by atoms with Crippen molar-refractivity contribution in [1.82, 2.24) is 4.90 Å². The van der Waals surface area contributed by atoms with E-state index in [0.717, 1.165) is 37.1 Å². The second kappa shape index (κ2) is 5.59. The summed E-state index contributed by atoms with van der Waals surface area (Å²) in [5.74, 6) is 2.99. The minimum Gasteiger partial charge on any atom is -0.314 e. The molecule has 0 aromatic carbocycles. The van der Waals surface area contributed by atoms with Gasteiger partial charge in [-0.3, -0.25) is 0 Å². The molecule has 0 heterocycles. The second-order valence-corrected chi connectivity index (χ2v) is 6.83. The van der Waals surface area contributed by atoms with E-state index in [4.69, 9.17) is 11.0 Å². The Balaban J connectivity index is 1.64. The Kier molecular flexibility index (Phi) is 4.29. The van der Waals surface area contributed by atoms with E-state index in [1.54, 1.807) is 0 Å². The minimum absolute atomic E-state index is 0.646. The molecule has 4 unspecified atom stereocenters. The van der Waals surface area contributed by atoms with Crippen LogP contribution in [0.2, 0.25) is 0 Å². The first kappa shape index (κ1) is 13.8. The van der Waals surface area contributed by atoms with E-state index in [2.05, 4.69) is 18.0 Å². The molecule has 4 atom stereocenters. The van der Waals surface area contributed by atoms with Gasteiger partial charge in [-0.1, -0.05) is 6.42 Å². The number of nitrogens with zero attached hydrogens (tertiary/aromatic N) is 2. The Morgan fingerprint density at radius 2 is 2.17 bits per heavy atom. The molecule has 3 heteroatoms. The van der Waals surface area contributed by atoms with Crippen LogP contribution >= 0.6 is 0 Å². The summed E-state index contributed by atoms with van der Waals surface area (Å²) in [4.78, 5) is 2.44. The summed E-state index contributed by atoms with van der Waals surface area (Å²) in [6, 6.07) is 2.17. The van der Waals surface area contributed by atoms with E-state index in [0.29, 0.717) is 0 Å². The van der Waals surface area contributed by atoms with Gasteiger partial charge in [0.25, 0.3) is 0 Å². The first-order chi connectivity index (χ1) is 8.50. The van der Waals surface area contributed by atoms with Crippen molar-refractivity contribution < 1.29 is 0 Å². The maximum absolute atomic E-state index is 8.87. The van der Waals surface area contributed by atoms with E-state index in [1.807, 2.05) is 6.92 Å². The molecule has 2 saturated carbocycles. The average molecular weight is 249 g/mol. The Morgan fingerprint density at radius 1 is 1.39 bits per heavy atom. The molecule has 2 aliphatic carbocycles. The summed E-state index contributed by atoms with van der Waals surface area (Å²) in [6.07, 6.45) is 7.73. The molecule has 2 bridgehead atoms. The fraction of sp³-hybridized carbons (Fsp3) is 0.933. The molecule has 18 heavy (non-hydrogen) atoms. The molecule has 2 N–H and O–H groups in total. The molecule has 2 rings (SSSR count). The summed E-state index contributed by atoms with van der Waals surface area (Å²) in [6.45, 7) is 4.14. The lowest BCUT2D eigenvalue weighted by Crippen LogP contribution is -2.36. The highest BCUT2D eigenvalue weighted by atomic mass is 15.1. The van der Waals surface area contributed by atoms with Gasteiger partial charge in [0.15, 0.2) is 0 Å². The van der Waals surface area contributed by atoms with Gasteiger partial charge in [-0.2, -0.15) is 5.26 Å². The summed E-state index contributed by atoms with van der Waals surface area (Å²) >= 11 is 0. The van der Waals surface area contributed by atoms with Gasteiger partial charge < -0.3 is 10.6 Å². The molecular formula is C15H27N3. The smallest absolute Gasteiger partial charge is 0.101 e. The maximum atomic E-state index is 8.87. The number of fused-ring (bicyclic) bond motifs is 2. The molecule has 0 aromatic heterocycles. The lowest BCUT2D eigenvalue weighted by molar-refractivity contribution is 0.215. The van der Waals surface area contributed by atoms with Gasteiger partial charge in [0.05, 0.1) is 6.07 Å². The Morgan fingerprint density at radius 3 is 2.72 bits per heavy atom. The average Bonchev–Trinajstić information content (AvgIpc) is 2.90. The molecule has 102 valence electrons. The molecule has 0 radical (unpaired) electrons. The summed E-state index contributed by atoms with van der Waals surface area (Å²) in [5, 5.41) is 8.87. The van der Waals surface area contributed by atoms with E-state index in [-0.39, 0.29) is 0 Å². The third-order valence-electron chi connectivity index (χ3n) is 4.92. The van der Waals surface area contributed by atoms with Gasteiger partial charge in [0, 0.05) is 6.54 Å². The molecule has 2 fully saturated rings. The van der Waals surface area contributed by atoms with Crippen LogP contribution in [0.25, 0.3) is 0 Å². The zero-order chi connectivity index (χ0) is 13.2. The second-order valence-electron chi connectivity index (χ2n) is 6.83. The van der Waals surface area contributed by atoms with Gasteiger partial charge in [0.1, 0.15) is 5.54 Å². The van der Waals surface area contributed by atoms with Crippen molar-refractivity contribution in [2.75, 3.05) is 20.1 Å².